The topological polar surface area (TPSA) is 67.9 Å². The van der Waals surface area contributed by atoms with E-state index >= 15 is 0 Å². The van der Waals surface area contributed by atoms with Crippen LogP contribution in [0.15, 0.2) is 48.5 Å². The van der Waals surface area contributed by atoms with Crippen molar-refractivity contribution in [3.63, 3.8) is 0 Å². The summed E-state index contributed by atoms with van der Waals surface area (Å²) in [6.45, 7) is 0.604. The van der Waals surface area contributed by atoms with Gasteiger partial charge in [-0.05, 0) is 42.0 Å². The smallest absolute Gasteiger partial charge is 0.253 e. The van der Waals surface area contributed by atoms with Crippen LogP contribution < -0.4 is 15.0 Å². The molecule has 1 heterocycles. The molecule has 3 rings (SSSR count). The molecule has 27 heavy (non-hydrogen) atoms. The summed E-state index contributed by atoms with van der Waals surface area (Å²) in [5, 5.41) is 2.80. The van der Waals surface area contributed by atoms with Gasteiger partial charge in [0.2, 0.25) is 5.91 Å². The van der Waals surface area contributed by atoms with E-state index in [1.807, 2.05) is 12.1 Å². The maximum absolute atomic E-state index is 12.9. The Labute approximate surface area is 156 Å². The Balaban J connectivity index is 1.53. The number of carbonyl (C=O) groups is 2. The molecule has 0 bridgehead atoms. The molecular formula is C20H21FN2O4. The Bertz CT molecular complexity index is 793. The number of amides is 2. The summed E-state index contributed by atoms with van der Waals surface area (Å²) in [4.78, 5) is 25.9. The average molecular weight is 372 g/mol. The van der Waals surface area contributed by atoms with Crippen LogP contribution in [-0.4, -0.2) is 44.7 Å². The Morgan fingerprint density at radius 3 is 2.59 bits per heavy atom. The van der Waals surface area contributed by atoms with Crippen LogP contribution in [0.5, 0.6) is 5.75 Å². The number of carbonyl (C=O) groups excluding carboxylic acids is 2. The zero-order chi connectivity index (χ0) is 19.2. The maximum Gasteiger partial charge on any atom is 0.253 e. The van der Waals surface area contributed by atoms with Crippen molar-refractivity contribution in [2.75, 3.05) is 31.7 Å². The second-order valence-corrected chi connectivity index (χ2v) is 6.24. The standard InChI is InChI=1S/C20H21FN2O4/c1-26-17-8-6-16(7-9-17)23-12-18(27-13-20(23)25)11-22-19(24)10-14-2-4-15(21)5-3-14/h2-9,18H,10-13H2,1H3,(H,22,24). The first kappa shape index (κ1) is 18.8. The molecule has 1 fully saturated rings. The van der Waals surface area contributed by atoms with Crippen LogP contribution in [0.1, 0.15) is 5.56 Å². The molecule has 1 atom stereocenters. The molecule has 1 N–H and O–H groups in total. The number of halogens is 1. The second kappa shape index (κ2) is 8.64. The summed E-state index contributed by atoms with van der Waals surface area (Å²) in [5.74, 6) is 0.0641. The number of morpholine rings is 1. The van der Waals surface area contributed by atoms with Crippen molar-refractivity contribution < 1.29 is 23.5 Å². The minimum absolute atomic E-state index is 0.0372. The number of hydrogen-bond acceptors (Lipinski definition) is 4. The van der Waals surface area contributed by atoms with Gasteiger partial charge in [0, 0.05) is 12.2 Å². The highest BCUT2D eigenvalue weighted by atomic mass is 19.1. The second-order valence-electron chi connectivity index (χ2n) is 6.24. The van der Waals surface area contributed by atoms with Crippen molar-refractivity contribution in [2.24, 2.45) is 0 Å². The van der Waals surface area contributed by atoms with Gasteiger partial charge in [0.1, 0.15) is 18.2 Å². The number of nitrogens with zero attached hydrogens (tertiary/aromatic N) is 1. The molecule has 0 saturated carbocycles. The predicted molar refractivity (Wildman–Crippen MR) is 98.2 cm³/mol. The number of anilines is 1. The van der Waals surface area contributed by atoms with E-state index in [1.165, 1.54) is 12.1 Å². The van der Waals surface area contributed by atoms with E-state index in [2.05, 4.69) is 5.32 Å². The van der Waals surface area contributed by atoms with Gasteiger partial charge in [-0.15, -0.1) is 0 Å². The van der Waals surface area contributed by atoms with E-state index < -0.39 is 0 Å². The van der Waals surface area contributed by atoms with E-state index in [0.717, 1.165) is 11.3 Å². The molecule has 6 nitrogen and oxygen atoms in total. The fraction of sp³-hybridized carbons (Fsp3) is 0.300. The molecule has 0 aliphatic carbocycles. The highest BCUT2D eigenvalue weighted by Crippen LogP contribution is 2.22. The Morgan fingerprint density at radius 2 is 1.93 bits per heavy atom. The van der Waals surface area contributed by atoms with Crippen LogP contribution in [0, 0.1) is 5.82 Å². The summed E-state index contributed by atoms with van der Waals surface area (Å²) in [6, 6.07) is 13.0. The lowest BCUT2D eigenvalue weighted by molar-refractivity contribution is -0.129. The highest BCUT2D eigenvalue weighted by Gasteiger charge is 2.27. The number of ether oxygens (including phenoxy) is 2. The fourth-order valence-electron chi connectivity index (χ4n) is 2.84. The number of methoxy groups -OCH3 is 1. The summed E-state index contributed by atoms with van der Waals surface area (Å²) < 4.78 is 23.6. The summed E-state index contributed by atoms with van der Waals surface area (Å²) in [6.07, 6.45) is -0.143. The molecule has 142 valence electrons. The van der Waals surface area contributed by atoms with E-state index in [1.54, 1.807) is 36.3 Å². The van der Waals surface area contributed by atoms with Crippen molar-refractivity contribution >= 4 is 17.5 Å². The summed E-state index contributed by atoms with van der Waals surface area (Å²) >= 11 is 0. The third-order valence-corrected chi connectivity index (χ3v) is 4.32. The number of rotatable bonds is 6. The monoisotopic (exact) mass is 372 g/mol. The number of nitrogens with one attached hydrogen (secondary N) is 1. The van der Waals surface area contributed by atoms with Crippen LogP contribution >= 0.6 is 0 Å². The lowest BCUT2D eigenvalue weighted by atomic mass is 10.1. The zero-order valence-corrected chi connectivity index (χ0v) is 15.0. The first-order valence-corrected chi connectivity index (χ1v) is 8.62. The van der Waals surface area contributed by atoms with Gasteiger partial charge in [-0.25, -0.2) is 4.39 Å². The third kappa shape index (κ3) is 5.04. The molecule has 2 amide bonds. The van der Waals surface area contributed by atoms with Gasteiger partial charge >= 0.3 is 0 Å². The SMILES string of the molecule is COc1ccc(N2CC(CNC(=O)Cc3ccc(F)cc3)OCC2=O)cc1. The first-order valence-electron chi connectivity index (χ1n) is 8.62. The summed E-state index contributed by atoms with van der Waals surface area (Å²) in [5.41, 5.74) is 1.49. The van der Waals surface area contributed by atoms with Crippen molar-refractivity contribution in [1.82, 2.24) is 5.32 Å². The Kier molecular flexibility index (Phi) is 6.03. The molecule has 1 aliphatic rings. The normalized spacial score (nSPS) is 16.9. The van der Waals surface area contributed by atoms with Gasteiger partial charge in [-0.3, -0.25) is 9.59 Å². The van der Waals surface area contributed by atoms with Crippen molar-refractivity contribution in [3.8, 4) is 5.75 Å². The van der Waals surface area contributed by atoms with E-state index in [-0.39, 0.29) is 36.8 Å². The molecule has 0 radical (unpaired) electrons. The Morgan fingerprint density at radius 1 is 1.22 bits per heavy atom. The van der Waals surface area contributed by atoms with Gasteiger partial charge in [-0.2, -0.15) is 0 Å². The third-order valence-electron chi connectivity index (χ3n) is 4.32. The minimum atomic E-state index is -0.335. The molecule has 2 aromatic carbocycles. The van der Waals surface area contributed by atoms with Gasteiger partial charge in [0.15, 0.2) is 0 Å². The van der Waals surface area contributed by atoms with Crippen LogP contribution in [0.2, 0.25) is 0 Å². The van der Waals surface area contributed by atoms with Gasteiger partial charge in [0.05, 0.1) is 26.2 Å². The van der Waals surface area contributed by atoms with Crippen molar-refractivity contribution in [2.45, 2.75) is 12.5 Å². The molecule has 0 spiro atoms. The lowest BCUT2D eigenvalue weighted by Gasteiger charge is -2.33. The van der Waals surface area contributed by atoms with Crippen LogP contribution in [0.25, 0.3) is 0 Å². The van der Waals surface area contributed by atoms with Crippen LogP contribution in [0.4, 0.5) is 10.1 Å². The first-order chi connectivity index (χ1) is 13.0. The lowest BCUT2D eigenvalue weighted by Crippen LogP contribution is -2.50. The van der Waals surface area contributed by atoms with Crippen LogP contribution in [0.3, 0.4) is 0 Å². The number of benzene rings is 2. The highest BCUT2D eigenvalue weighted by molar-refractivity contribution is 5.95. The van der Waals surface area contributed by atoms with E-state index in [0.29, 0.717) is 18.8 Å². The van der Waals surface area contributed by atoms with E-state index in [9.17, 15) is 14.0 Å². The number of hydrogen-bond donors (Lipinski definition) is 1. The molecule has 1 unspecified atom stereocenters. The van der Waals surface area contributed by atoms with Gasteiger partial charge in [0.25, 0.3) is 5.91 Å². The minimum Gasteiger partial charge on any atom is -0.497 e. The van der Waals surface area contributed by atoms with Crippen LogP contribution in [-0.2, 0) is 20.7 Å². The molecule has 7 heteroatoms. The van der Waals surface area contributed by atoms with Gasteiger partial charge < -0.3 is 19.7 Å². The molecule has 2 aromatic rings. The molecule has 0 aromatic heterocycles. The zero-order valence-electron chi connectivity index (χ0n) is 15.0. The predicted octanol–water partition coefficient (Wildman–Crippen LogP) is 1.92. The molecule has 1 saturated heterocycles. The quantitative estimate of drug-likeness (QED) is 0.841. The largest absolute Gasteiger partial charge is 0.497 e. The average Bonchev–Trinajstić information content (AvgIpc) is 2.69. The molecule has 1 aliphatic heterocycles. The fourth-order valence-corrected chi connectivity index (χ4v) is 2.84. The summed E-state index contributed by atoms with van der Waals surface area (Å²) in [7, 11) is 1.58. The van der Waals surface area contributed by atoms with Crippen molar-refractivity contribution in [1.29, 1.82) is 0 Å². The molecular weight excluding hydrogens is 351 g/mol. The van der Waals surface area contributed by atoms with E-state index in [4.69, 9.17) is 9.47 Å². The Hall–Kier alpha value is -2.93. The van der Waals surface area contributed by atoms with Crippen molar-refractivity contribution in [3.05, 3.63) is 59.9 Å². The maximum atomic E-state index is 12.9. The van der Waals surface area contributed by atoms with Gasteiger partial charge in [-0.1, -0.05) is 12.1 Å².